The van der Waals surface area contributed by atoms with Crippen LogP contribution in [-0.2, 0) is 0 Å². The van der Waals surface area contributed by atoms with Crippen LogP contribution in [0.1, 0.15) is 0 Å². The molecule has 0 nitrogen and oxygen atoms in total. The summed E-state index contributed by atoms with van der Waals surface area (Å²) < 4.78 is 0. The van der Waals surface area contributed by atoms with E-state index in [1.165, 1.54) is 0 Å². The van der Waals surface area contributed by atoms with Crippen molar-refractivity contribution in [3.63, 3.8) is 0 Å². The van der Waals surface area contributed by atoms with Crippen molar-refractivity contribution < 1.29 is 24.8 Å². The van der Waals surface area contributed by atoms with Gasteiger partial charge in [0, 0.05) is 19.8 Å². The molecule has 30 valence electrons. The molecule has 0 N–H and O–H groups in total. The normalized spacial score (nSPS) is 0.800. The van der Waals surface area contributed by atoms with Crippen molar-refractivity contribution in [2.75, 3.05) is 0 Å². The smallest absolute Gasteiger partial charge is 0 e. The molecule has 0 aliphatic heterocycles. The molecule has 0 amide bonds. The zero-order valence-corrected chi connectivity index (χ0v) is 6.55. The summed E-state index contributed by atoms with van der Waals surface area (Å²) >= 11 is 0. The molecule has 0 unspecified atom stereocenters. The first-order chi connectivity index (χ1) is 1.00. The molecular weight excluding hydrogens is 165 g/mol. The third-order valence-corrected chi connectivity index (χ3v) is 0. The fraction of sp³-hybridized carbons (Fsp3) is 0. The summed E-state index contributed by atoms with van der Waals surface area (Å²) in [6.45, 7) is 7.00. The van der Waals surface area contributed by atoms with Gasteiger partial charge in [-0.25, -0.2) is 0 Å². The van der Waals surface area contributed by atoms with Crippen LogP contribution < -0.4 is 24.8 Å². The molecular formula is C2H3Cl2Ga-2. The van der Waals surface area contributed by atoms with Crippen LogP contribution in [0.15, 0.2) is 6.58 Å². The topological polar surface area (TPSA) is 0 Å². The molecule has 0 aromatic rings. The molecule has 0 aliphatic rings. The molecule has 5 heavy (non-hydrogen) atoms. The maximum atomic E-state index is 4.25. The molecule has 0 atom stereocenters. The minimum absolute atomic E-state index is 0. The van der Waals surface area contributed by atoms with Crippen LogP contribution in [0.5, 0.6) is 0 Å². The summed E-state index contributed by atoms with van der Waals surface area (Å²) in [6, 6.07) is 0. The standard InChI is InChI=1S/C2H3.2ClH.Ga/c1-2;;;/h1H,2H2;2*1H;/p-2. The van der Waals surface area contributed by atoms with Crippen LogP contribution in [0.25, 0.3) is 0 Å². The maximum Gasteiger partial charge on any atom is 0 e. The maximum absolute atomic E-state index is 4.25. The van der Waals surface area contributed by atoms with Crippen LogP contribution in [0, 0.1) is 6.58 Å². The summed E-state index contributed by atoms with van der Waals surface area (Å²) in [5.74, 6) is 0. The first kappa shape index (κ1) is 38.2. The molecule has 4 radical (unpaired) electrons. The monoisotopic (exact) mass is 166 g/mol. The third-order valence-electron chi connectivity index (χ3n) is 0. The number of rotatable bonds is 0. The van der Waals surface area contributed by atoms with E-state index < -0.39 is 0 Å². The van der Waals surface area contributed by atoms with Crippen molar-refractivity contribution in [1.82, 2.24) is 0 Å². The SMILES string of the molecule is [CH]=C.[Cl-].[Cl-].[Ga]. The minimum atomic E-state index is 0. The van der Waals surface area contributed by atoms with Gasteiger partial charge in [-0.2, -0.15) is 0 Å². The van der Waals surface area contributed by atoms with E-state index in [2.05, 4.69) is 13.2 Å². The fourth-order valence-electron chi connectivity index (χ4n) is 0. The third kappa shape index (κ3) is 47.4. The quantitative estimate of drug-likeness (QED) is 0.316. The van der Waals surface area contributed by atoms with Gasteiger partial charge in [0.25, 0.3) is 0 Å². The van der Waals surface area contributed by atoms with Crippen LogP contribution in [-0.4, -0.2) is 19.8 Å². The molecule has 0 bridgehead atoms. The average Bonchev–Trinajstić information content (AvgIpc) is 1.00. The average molecular weight is 168 g/mol. The molecule has 0 aromatic carbocycles. The van der Waals surface area contributed by atoms with E-state index >= 15 is 0 Å². The summed E-state index contributed by atoms with van der Waals surface area (Å²) in [4.78, 5) is 0. The van der Waals surface area contributed by atoms with Gasteiger partial charge in [0.1, 0.15) is 0 Å². The van der Waals surface area contributed by atoms with Gasteiger partial charge in [-0.15, -0.1) is 0 Å². The van der Waals surface area contributed by atoms with Crippen molar-refractivity contribution >= 4 is 19.8 Å². The summed E-state index contributed by atoms with van der Waals surface area (Å²) in [6.07, 6.45) is 0. The zero-order chi connectivity index (χ0) is 2.00. The Labute approximate surface area is 57.9 Å². The van der Waals surface area contributed by atoms with Crippen LogP contribution in [0.4, 0.5) is 0 Å². The Bertz CT molecular complexity index is 7.61. The first-order valence-corrected chi connectivity index (χ1v) is 0.408. The van der Waals surface area contributed by atoms with Gasteiger partial charge in [-0.1, -0.05) is 13.2 Å². The second-order valence-electron chi connectivity index (χ2n) is 0. The van der Waals surface area contributed by atoms with Gasteiger partial charge in [-0.05, 0) is 0 Å². The number of halogens is 2. The van der Waals surface area contributed by atoms with Crippen molar-refractivity contribution in [3.8, 4) is 0 Å². The second kappa shape index (κ2) is 84.8. The Morgan fingerprint density at radius 2 is 1.00 bits per heavy atom. The van der Waals surface area contributed by atoms with E-state index in [1.54, 1.807) is 0 Å². The Morgan fingerprint density at radius 1 is 1.00 bits per heavy atom. The molecule has 0 aliphatic carbocycles. The molecule has 0 saturated heterocycles. The largest absolute Gasteiger partial charge is 1.00 e. The van der Waals surface area contributed by atoms with Crippen LogP contribution in [0.2, 0.25) is 0 Å². The molecule has 0 aromatic heterocycles. The van der Waals surface area contributed by atoms with Gasteiger partial charge in [0.15, 0.2) is 0 Å². The van der Waals surface area contributed by atoms with E-state index in [9.17, 15) is 0 Å². The van der Waals surface area contributed by atoms with Crippen molar-refractivity contribution in [1.29, 1.82) is 0 Å². The molecule has 0 spiro atoms. The van der Waals surface area contributed by atoms with Gasteiger partial charge in [-0.3, -0.25) is 0 Å². The Balaban J connectivity index is -0.00000000167. The molecule has 0 fully saturated rings. The van der Waals surface area contributed by atoms with Crippen LogP contribution in [0.3, 0.4) is 0 Å². The predicted molar refractivity (Wildman–Crippen MR) is 15.7 cm³/mol. The second-order valence-corrected chi connectivity index (χ2v) is 0. The van der Waals surface area contributed by atoms with E-state index in [-0.39, 0.29) is 44.6 Å². The molecule has 0 saturated carbocycles. The van der Waals surface area contributed by atoms with Crippen molar-refractivity contribution in [2.24, 2.45) is 0 Å². The fourth-order valence-corrected chi connectivity index (χ4v) is 0. The van der Waals surface area contributed by atoms with Crippen molar-refractivity contribution in [2.45, 2.75) is 0 Å². The summed E-state index contributed by atoms with van der Waals surface area (Å²) in [5.41, 5.74) is 0. The minimum Gasteiger partial charge on any atom is -1.00 e. The van der Waals surface area contributed by atoms with Crippen molar-refractivity contribution in [3.05, 3.63) is 13.2 Å². The molecule has 0 heterocycles. The van der Waals surface area contributed by atoms with E-state index in [1.807, 2.05) is 0 Å². The van der Waals surface area contributed by atoms with E-state index in [0.29, 0.717) is 0 Å². The summed E-state index contributed by atoms with van der Waals surface area (Å²) in [7, 11) is 0. The summed E-state index contributed by atoms with van der Waals surface area (Å²) in [5, 5.41) is 0. The Kier molecular flexibility index (Phi) is 649. The van der Waals surface area contributed by atoms with Crippen LogP contribution >= 0.6 is 0 Å². The van der Waals surface area contributed by atoms with Gasteiger partial charge < -0.3 is 24.8 Å². The predicted octanol–water partition coefficient (Wildman–Crippen LogP) is -5.77. The number of hydrogen-bond acceptors (Lipinski definition) is 0. The van der Waals surface area contributed by atoms with Gasteiger partial charge in [0.2, 0.25) is 0 Å². The van der Waals surface area contributed by atoms with E-state index in [0.717, 1.165) is 0 Å². The van der Waals surface area contributed by atoms with E-state index in [4.69, 9.17) is 0 Å². The Morgan fingerprint density at radius 3 is 1.00 bits per heavy atom. The first-order valence-electron chi connectivity index (χ1n) is 0.408. The molecule has 3 heteroatoms. The molecule has 0 rings (SSSR count). The van der Waals surface area contributed by atoms with Gasteiger partial charge in [0.05, 0.1) is 0 Å². The number of hydrogen-bond donors (Lipinski definition) is 0. The van der Waals surface area contributed by atoms with Gasteiger partial charge >= 0.3 is 0 Å². The Hall–Kier alpha value is 0.956. The zero-order valence-electron chi connectivity index (χ0n) is 2.62.